The van der Waals surface area contributed by atoms with Crippen LogP contribution in [0.1, 0.15) is 5.56 Å². The van der Waals surface area contributed by atoms with E-state index < -0.39 is 0 Å². The molecule has 0 saturated carbocycles. The second kappa shape index (κ2) is 9.07. The third-order valence-electron chi connectivity index (χ3n) is 4.17. The van der Waals surface area contributed by atoms with Gasteiger partial charge in [-0.2, -0.15) is 5.10 Å². The minimum Gasteiger partial charge on any atom is -0.493 e. The average molecular weight is 392 g/mol. The maximum atomic E-state index is 12.0. The summed E-state index contributed by atoms with van der Waals surface area (Å²) in [6, 6.07) is 15.4. The molecule has 0 spiro atoms. The lowest BCUT2D eigenvalue weighted by molar-refractivity contribution is -0.119. The van der Waals surface area contributed by atoms with Crippen LogP contribution in [0.2, 0.25) is 0 Å². The SMILES string of the molecule is COc1ccc(-c2nn(-c3ccccc3)cc2/C=C/C(=O)NN(C)C)cc1OC. The zero-order chi connectivity index (χ0) is 20.8. The zero-order valence-corrected chi connectivity index (χ0v) is 16.9. The molecule has 0 aliphatic heterocycles. The number of ether oxygens (including phenoxy) is 2. The number of hydrazine groups is 1. The van der Waals surface area contributed by atoms with E-state index in [1.165, 1.54) is 6.08 Å². The van der Waals surface area contributed by atoms with E-state index in [0.29, 0.717) is 11.5 Å². The van der Waals surface area contributed by atoms with Gasteiger partial charge in [-0.05, 0) is 36.4 Å². The van der Waals surface area contributed by atoms with Crippen molar-refractivity contribution in [1.82, 2.24) is 20.2 Å². The molecule has 0 aliphatic rings. The second-order valence-corrected chi connectivity index (χ2v) is 6.49. The summed E-state index contributed by atoms with van der Waals surface area (Å²) in [5.74, 6) is 1.03. The summed E-state index contributed by atoms with van der Waals surface area (Å²) in [4.78, 5) is 12.0. The minimum atomic E-state index is -0.222. The fourth-order valence-corrected chi connectivity index (χ4v) is 2.85. The number of amides is 1. The Bertz CT molecular complexity index is 1010. The molecule has 3 rings (SSSR count). The van der Waals surface area contributed by atoms with Crippen LogP contribution in [0.5, 0.6) is 11.5 Å². The van der Waals surface area contributed by atoms with E-state index >= 15 is 0 Å². The summed E-state index contributed by atoms with van der Waals surface area (Å²) in [7, 11) is 6.71. The van der Waals surface area contributed by atoms with Crippen LogP contribution >= 0.6 is 0 Å². The van der Waals surface area contributed by atoms with E-state index in [1.54, 1.807) is 44.1 Å². The van der Waals surface area contributed by atoms with Crippen LogP contribution in [-0.2, 0) is 4.79 Å². The zero-order valence-electron chi connectivity index (χ0n) is 16.9. The fraction of sp³-hybridized carbons (Fsp3) is 0.182. The van der Waals surface area contributed by atoms with Crippen LogP contribution in [0.25, 0.3) is 23.0 Å². The van der Waals surface area contributed by atoms with Gasteiger partial charge in [0.05, 0.1) is 19.9 Å². The van der Waals surface area contributed by atoms with Crippen LogP contribution in [0.4, 0.5) is 0 Å². The molecule has 0 bridgehead atoms. The van der Waals surface area contributed by atoms with Gasteiger partial charge in [0.15, 0.2) is 11.5 Å². The molecule has 7 nitrogen and oxygen atoms in total. The van der Waals surface area contributed by atoms with Gasteiger partial charge in [-0.1, -0.05) is 18.2 Å². The predicted octanol–water partition coefficient (Wildman–Crippen LogP) is 3.16. The average Bonchev–Trinajstić information content (AvgIpc) is 3.16. The molecule has 1 aromatic heterocycles. The van der Waals surface area contributed by atoms with Crippen LogP contribution in [0.3, 0.4) is 0 Å². The van der Waals surface area contributed by atoms with Gasteiger partial charge in [0.1, 0.15) is 5.69 Å². The van der Waals surface area contributed by atoms with E-state index in [4.69, 9.17) is 14.6 Å². The quantitative estimate of drug-likeness (QED) is 0.494. The number of nitrogens with one attached hydrogen (secondary N) is 1. The Morgan fingerprint density at radius 1 is 1.07 bits per heavy atom. The molecule has 0 fully saturated rings. The number of hydrogen-bond acceptors (Lipinski definition) is 5. The Balaban J connectivity index is 2.05. The summed E-state index contributed by atoms with van der Waals surface area (Å²) in [6.45, 7) is 0. The van der Waals surface area contributed by atoms with Gasteiger partial charge in [-0.15, -0.1) is 0 Å². The number of carbonyl (C=O) groups is 1. The summed E-state index contributed by atoms with van der Waals surface area (Å²) in [6.07, 6.45) is 5.12. The normalized spacial score (nSPS) is 11.1. The number of nitrogens with zero attached hydrogens (tertiary/aromatic N) is 3. The smallest absolute Gasteiger partial charge is 0.258 e. The maximum absolute atomic E-state index is 12.0. The van der Waals surface area contributed by atoms with Gasteiger partial charge in [0, 0.05) is 37.5 Å². The molecule has 0 unspecified atom stereocenters. The second-order valence-electron chi connectivity index (χ2n) is 6.49. The molecule has 3 aromatic rings. The summed E-state index contributed by atoms with van der Waals surface area (Å²) in [5.41, 5.74) is 5.99. The highest BCUT2D eigenvalue weighted by molar-refractivity contribution is 5.92. The lowest BCUT2D eigenvalue weighted by atomic mass is 10.1. The van der Waals surface area contributed by atoms with Crippen LogP contribution in [0, 0.1) is 0 Å². The number of methoxy groups -OCH3 is 2. The molecular weight excluding hydrogens is 368 g/mol. The largest absolute Gasteiger partial charge is 0.493 e. The highest BCUT2D eigenvalue weighted by Gasteiger charge is 2.14. The van der Waals surface area contributed by atoms with E-state index in [2.05, 4.69) is 5.43 Å². The van der Waals surface area contributed by atoms with Gasteiger partial charge in [-0.3, -0.25) is 10.2 Å². The molecule has 0 saturated heterocycles. The molecule has 29 heavy (non-hydrogen) atoms. The minimum absolute atomic E-state index is 0.222. The molecule has 1 amide bonds. The number of carbonyl (C=O) groups excluding carboxylic acids is 1. The molecule has 0 atom stereocenters. The Labute approximate surface area is 170 Å². The van der Waals surface area contributed by atoms with Crippen molar-refractivity contribution in [2.75, 3.05) is 28.3 Å². The molecule has 0 aliphatic carbocycles. The monoisotopic (exact) mass is 392 g/mol. The van der Waals surface area contributed by atoms with E-state index in [-0.39, 0.29) is 5.91 Å². The van der Waals surface area contributed by atoms with Gasteiger partial charge < -0.3 is 9.47 Å². The number of aromatic nitrogens is 2. The van der Waals surface area contributed by atoms with Crippen molar-refractivity contribution in [2.45, 2.75) is 0 Å². The third kappa shape index (κ3) is 4.83. The number of rotatable bonds is 7. The standard InChI is InChI=1S/C22H24N4O3/c1-25(2)23-21(27)13-11-17-15-26(18-8-6-5-7-9-18)24-22(17)16-10-12-19(28-3)20(14-16)29-4/h5-15H,1-4H3,(H,23,27)/b13-11+. The maximum Gasteiger partial charge on any atom is 0.258 e. The van der Waals surface area contributed by atoms with Gasteiger partial charge in [0.25, 0.3) is 5.91 Å². The van der Waals surface area contributed by atoms with Crippen molar-refractivity contribution in [1.29, 1.82) is 0 Å². The first kappa shape index (κ1) is 20.2. The van der Waals surface area contributed by atoms with Crippen molar-refractivity contribution in [3.63, 3.8) is 0 Å². The summed E-state index contributed by atoms with van der Waals surface area (Å²) in [5, 5.41) is 6.34. The fourth-order valence-electron chi connectivity index (χ4n) is 2.85. The Kier molecular flexibility index (Phi) is 6.31. The van der Waals surface area contributed by atoms with Gasteiger partial charge >= 0.3 is 0 Å². The topological polar surface area (TPSA) is 68.6 Å². The Morgan fingerprint density at radius 2 is 1.79 bits per heavy atom. The van der Waals surface area contributed by atoms with E-state index in [9.17, 15) is 4.79 Å². The van der Waals surface area contributed by atoms with Crippen molar-refractivity contribution < 1.29 is 14.3 Å². The van der Waals surface area contributed by atoms with Gasteiger partial charge in [0.2, 0.25) is 0 Å². The van der Waals surface area contributed by atoms with Crippen molar-refractivity contribution in [3.05, 3.63) is 66.4 Å². The number of hydrogen-bond donors (Lipinski definition) is 1. The van der Waals surface area contributed by atoms with Crippen LogP contribution in [0.15, 0.2) is 60.8 Å². The Hall–Kier alpha value is -3.58. The van der Waals surface area contributed by atoms with Crippen molar-refractivity contribution in [2.24, 2.45) is 0 Å². The molecule has 0 radical (unpaired) electrons. The van der Waals surface area contributed by atoms with Gasteiger partial charge in [-0.25, -0.2) is 9.69 Å². The highest BCUT2D eigenvalue weighted by Crippen LogP contribution is 2.33. The Morgan fingerprint density at radius 3 is 2.45 bits per heavy atom. The van der Waals surface area contributed by atoms with Crippen molar-refractivity contribution in [3.8, 4) is 28.4 Å². The highest BCUT2D eigenvalue weighted by atomic mass is 16.5. The number of para-hydroxylation sites is 1. The van der Waals surface area contributed by atoms with Crippen molar-refractivity contribution >= 4 is 12.0 Å². The molecule has 2 aromatic carbocycles. The lowest BCUT2D eigenvalue weighted by Crippen LogP contribution is -2.34. The van der Waals surface area contributed by atoms with E-state index in [1.807, 2.05) is 54.7 Å². The molecule has 150 valence electrons. The molecule has 7 heteroatoms. The summed E-state index contributed by atoms with van der Waals surface area (Å²) < 4.78 is 12.5. The molecule has 1 N–H and O–H groups in total. The first-order chi connectivity index (χ1) is 14.0. The summed E-state index contributed by atoms with van der Waals surface area (Å²) >= 11 is 0. The molecular formula is C22H24N4O3. The van der Waals surface area contributed by atoms with Crippen LogP contribution in [-0.4, -0.2) is 49.0 Å². The third-order valence-corrected chi connectivity index (χ3v) is 4.17. The lowest BCUT2D eigenvalue weighted by Gasteiger charge is -2.09. The molecule has 1 heterocycles. The van der Waals surface area contributed by atoms with Crippen LogP contribution < -0.4 is 14.9 Å². The first-order valence-electron chi connectivity index (χ1n) is 9.05. The van der Waals surface area contributed by atoms with E-state index in [0.717, 1.165) is 22.5 Å². The number of benzene rings is 2. The first-order valence-corrected chi connectivity index (χ1v) is 9.05. The predicted molar refractivity (Wildman–Crippen MR) is 113 cm³/mol.